The van der Waals surface area contributed by atoms with Crippen molar-refractivity contribution in [2.24, 2.45) is 0 Å². The fraction of sp³-hybridized carbons (Fsp3) is 0.269. The van der Waals surface area contributed by atoms with Gasteiger partial charge in [0.15, 0.2) is 5.16 Å². The highest BCUT2D eigenvalue weighted by atomic mass is 32.2. The number of nitrogens with zero attached hydrogens (tertiary/aromatic N) is 2. The molecule has 0 atom stereocenters. The maximum atomic E-state index is 13.8. The molecule has 0 fully saturated rings. The number of hydrogen-bond acceptors (Lipinski definition) is 6. The van der Waals surface area contributed by atoms with Gasteiger partial charge in [0.1, 0.15) is 4.83 Å². The molecule has 2 aromatic carbocycles. The lowest BCUT2D eigenvalue weighted by Crippen LogP contribution is -2.26. The number of aromatic nitrogens is 2. The number of hydrogen-bond donors (Lipinski definition) is 2. The van der Waals surface area contributed by atoms with Crippen molar-refractivity contribution in [1.82, 2.24) is 14.9 Å². The summed E-state index contributed by atoms with van der Waals surface area (Å²) >= 11 is 3.19. The van der Waals surface area contributed by atoms with E-state index < -0.39 is 0 Å². The number of carbonyl (C=O) groups is 1. The minimum absolute atomic E-state index is 0.00834. The molecule has 1 amide bonds. The second kappa shape index (κ2) is 10.1. The SMILES string of the molecule is O=C(NCCO)c1ccc(CSc2nc3sc4c(c3c(=O)n2-c2ccccc2)CCCC4)cc1. The smallest absolute Gasteiger partial charge is 0.267 e. The van der Waals surface area contributed by atoms with Gasteiger partial charge < -0.3 is 10.4 Å². The van der Waals surface area contributed by atoms with Crippen molar-refractivity contribution in [3.63, 3.8) is 0 Å². The molecule has 6 nitrogen and oxygen atoms in total. The van der Waals surface area contributed by atoms with Gasteiger partial charge in [-0.15, -0.1) is 11.3 Å². The molecule has 2 heterocycles. The Morgan fingerprint density at radius 2 is 1.85 bits per heavy atom. The summed E-state index contributed by atoms with van der Waals surface area (Å²) in [5.74, 6) is 0.411. The van der Waals surface area contributed by atoms with Crippen LogP contribution in [0.5, 0.6) is 0 Å². The summed E-state index contributed by atoms with van der Waals surface area (Å²) in [5, 5.41) is 13.0. The number of aryl methyl sites for hydroxylation is 2. The molecule has 0 saturated carbocycles. The first-order valence-corrected chi connectivity index (χ1v) is 13.2. The first kappa shape index (κ1) is 22.8. The Kier molecular flexibility index (Phi) is 6.80. The molecule has 8 heteroatoms. The van der Waals surface area contributed by atoms with Gasteiger partial charge in [-0.2, -0.15) is 0 Å². The molecule has 0 bridgehead atoms. The van der Waals surface area contributed by atoms with E-state index in [1.165, 1.54) is 28.6 Å². The molecule has 0 aliphatic heterocycles. The van der Waals surface area contributed by atoms with E-state index in [9.17, 15) is 9.59 Å². The number of thiophene rings is 1. The number of thioether (sulfide) groups is 1. The molecule has 1 aliphatic rings. The monoisotopic (exact) mass is 491 g/mol. The Morgan fingerprint density at radius 1 is 1.09 bits per heavy atom. The van der Waals surface area contributed by atoms with E-state index in [0.29, 0.717) is 16.5 Å². The summed E-state index contributed by atoms with van der Waals surface area (Å²) in [5.41, 5.74) is 3.60. The predicted octanol–water partition coefficient (Wildman–Crippen LogP) is 4.34. The van der Waals surface area contributed by atoms with Crippen molar-refractivity contribution in [1.29, 1.82) is 0 Å². The van der Waals surface area contributed by atoms with Crippen LogP contribution in [0.4, 0.5) is 0 Å². The van der Waals surface area contributed by atoms with Gasteiger partial charge in [-0.1, -0.05) is 42.1 Å². The Labute approximate surface area is 205 Å². The lowest BCUT2D eigenvalue weighted by molar-refractivity contribution is 0.0945. The van der Waals surface area contributed by atoms with Crippen molar-refractivity contribution < 1.29 is 9.90 Å². The van der Waals surface area contributed by atoms with Crippen LogP contribution >= 0.6 is 23.1 Å². The third kappa shape index (κ3) is 4.53. The second-order valence-electron chi connectivity index (χ2n) is 8.23. The Balaban J connectivity index is 1.48. The lowest BCUT2D eigenvalue weighted by atomic mass is 9.97. The minimum Gasteiger partial charge on any atom is -0.395 e. The van der Waals surface area contributed by atoms with Crippen LogP contribution in [0.15, 0.2) is 64.5 Å². The summed E-state index contributed by atoms with van der Waals surface area (Å²) in [6.07, 6.45) is 4.27. The van der Waals surface area contributed by atoms with Crippen molar-refractivity contribution in [3.05, 3.63) is 86.5 Å². The van der Waals surface area contributed by atoms with Crippen LogP contribution < -0.4 is 10.9 Å². The number of benzene rings is 2. The third-order valence-corrected chi connectivity index (χ3v) is 8.15. The van der Waals surface area contributed by atoms with Crippen LogP contribution in [0.1, 0.15) is 39.2 Å². The number of carbonyl (C=O) groups excluding carboxylic acids is 1. The number of aliphatic hydroxyl groups is 1. The van der Waals surface area contributed by atoms with Gasteiger partial charge in [0.2, 0.25) is 0 Å². The number of rotatable bonds is 7. The molecule has 0 unspecified atom stereocenters. The van der Waals surface area contributed by atoms with Crippen molar-refractivity contribution in [3.8, 4) is 5.69 Å². The minimum atomic E-state index is -0.208. The molecule has 174 valence electrons. The van der Waals surface area contributed by atoms with Crippen LogP contribution in [-0.4, -0.2) is 33.7 Å². The Hall–Kier alpha value is -2.94. The number of fused-ring (bicyclic) bond motifs is 3. The average Bonchev–Trinajstić information content (AvgIpc) is 3.25. The summed E-state index contributed by atoms with van der Waals surface area (Å²) < 4.78 is 1.74. The molecule has 0 radical (unpaired) electrons. The van der Waals surface area contributed by atoms with Crippen LogP contribution in [0.2, 0.25) is 0 Å². The van der Waals surface area contributed by atoms with E-state index >= 15 is 0 Å². The second-order valence-corrected chi connectivity index (χ2v) is 10.3. The average molecular weight is 492 g/mol. The highest BCUT2D eigenvalue weighted by Gasteiger charge is 2.23. The predicted molar refractivity (Wildman–Crippen MR) is 137 cm³/mol. The quantitative estimate of drug-likeness (QED) is 0.297. The van der Waals surface area contributed by atoms with Gasteiger partial charge in [0, 0.05) is 22.7 Å². The maximum absolute atomic E-state index is 13.8. The maximum Gasteiger partial charge on any atom is 0.267 e. The van der Waals surface area contributed by atoms with Gasteiger partial charge in [-0.05, 0) is 61.1 Å². The molecule has 4 aromatic rings. The molecular formula is C26H25N3O3S2. The zero-order valence-corrected chi connectivity index (χ0v) is 20.3. The molecule has 5 rings (SSSR count). The van der Waals surface area contributed by atoms with Gasteiger partial charge in [-0.25, -0.2) is 4.98 Å². The van der Waals surface area contributed by atoms with Crippen molar-refractivity contribution in [2.75, 3.05) is 13.2 Å². The number of aliphatic hydroxyl groups excluding tert-OH is 1. The summed E-state index contributed by atoms with van der Waals surface area (Å²) in [6, 6.07) is 17.1. The molecule has 0 saturated heterocycles. The molecule has 2 N–H and O–H groups in total. The molecular weight excluding hydrogens is 466 g/mol. The highest BCUT2D eigenvalue weighted by Crippen LogP contribution is 2.35. The molecule has 1 aliphatic carbocycles. The first-order valence-electron chi connectivity index (χ1n) is 11.4. The summed E-state index contributed by atoms with van der Waals surface area (Å²) in [6.45, 7) is 0.141. The number of para-hydroxylation sites is 1. The Bertz CT molecular complexity index is 1380. The molecule has 0 spiro atoms. The standard InChI is InChI=1S/C26H25N3O3S2/c30-15-14-27-23(31)18-12-10-17(11-13-18)16-33-26-28-24-22(20-8-4-5-9-21(20)34-24)25(32)29(26)19-6-2-1-3-7-19/h1-3,6-7,10-13,30H,4-5,8-9,14-16H2,(H,27,31). The van der Waals surface area contributed by atoms with Crippen LogP contribution in [-0.2, 0) is 18.6 Å². The zero-order valence-electron chi connectivity index (χ0n) is 18.6. The van der Waals surface area contributed by atoms with Gasteiger partial charge in [0.05, 0.1) is 17.7 Å². The van der Waals surface area contributed by atoms with Crippen molar-refractivity contribution >= 4 is 39.2 Å². The number of amides is 1. The van der Waals surface area contributed by atoms with Gasteiger partial charge >= 0.3 is 0 Å². The van der Waals surface area contributed by atoms with E-state index in [1.54, 1.807) is 28.0 Å². The van der Waals surface area contributed by atoms with Crippen molar-refractivity contribution in [2.45, 2.75) is 36.6 Å². The summed E-state index contributed by atoms with van der Waals surface area (Å²) in [7, 11) is 0. The molecule has 2 aromatic heterocycles. The topological polar surface area (TPSA) is 84.2 Å². The van der Waals surface area contributed by atoms with E-state index in [0.717, 1.165) is 40.7 Å². The third-order valence-electron chi connectivity index (χ3n) is 5.95. The Morgan fingerprint density at radius 3 is 2.62 bits per heavy atom. The zero-order chi connectivity index (χ0) is 23.5. The van der Waals surface area contributed by atoms with Gasteiger partial charge in [0.25, 0.3) is 11.5 Å². The summed E-state index contributed by atoms with van der Waals surface area (Å²) in [4.78, 5) is 32.9. The largest absolute Gasteiger partial charge is 0.395 e. The highest BCUT2D eigenvalue weighted by molar-refractivity contribution is 7.98. The molecule has 34 heavy (non-hydrogen) atoms. The first-order chi connectivity index (χ1) is 16.7. The van der Waals surface area contributed by atoms with E-state index in [2.05, 4.69) is 5.32 Å². The van der Waals surface area contributed by atoms with E-state index in [1.807, 2.05) is 42.5 Å². The van der Waals surface area contributed by atoms with E-state index in [4.69, 9.17) is 10.1 Å². The van der Waals surface area contributed by atoms with Crippen LogP contribution in [0.25, 0.3) is 15.9 Å². The van der Waals surface area contributed by atoms with Crippen LogP contribution in [0.3, 0.4) is 0 Å². The number of nitrogens with one attached hydrogen (secondary N) is 1. The lowest BCUT2D eigenvalue weighted by Gasteiger charge is -2.13. The fourth-order valence-corrected chi connectivity index (χ4v) is 6.53. The normalized spacial score (nSPS) is 13.1. The van der Waals surface area contributed by atoms with Crippen LogP contribution in [0, 0.1) is 0 Å². The fourth-order valence-electron chi connectivity index (χ4n) is 4.26. The van der Waals surface area contributed by atoms with Gasteiger partial charge in [-0.3, -0.25) is 14.2 Å². The van der Waals surface area contributed by atoms with E-state index in [-0.39, 0.29) is 24.6 Å².